The molecule has 2 rings (SSSR count). The number of likely N-dealkylation sites (tertiary alicyclic amines) is 1. The second-order valence-electron chi connectivity index (χ2n) is 6.95. The van der Waals surface area contributed by atoms with Crippen LogP contribution in [0.25, 0.3) is 0 Å². The van der Waals surface area contributed by atoms with E-state index in [0.29, 0.717) is 17.2 Å². The molecule has 1 aliphatic rings. The van der Waals surface area contributed by atoms with Crippen LogP contribution in [0, 0.1) is 5.92 Å². The van der Waals surface area contributed by atoms with Crippen LogP contribution in [0.3, 0.4) is 0 Å². The number of hydrogen-bond acceptors (Lipinski definition) is 7. The van der Waals surface area contributed by atoms with Crippen LogP contribution >= 0.6 is 11.3 Å². The molecule has 11 heteroatoms. The van der Waals surface area contributed by atoms with Gasteiger partial charge in [-0.3, -0.25) is 9.59 Å². The molecule has 0 aromatic carbocycles. The molecule has 1 aliphatic heterocycles. The zero-order valence-corrected chi connectivity index (χ0v) is 18.2. The van der Waals surface area contributed by atoms with Crippen LogP contribution in [0.5, 0.6) is 0 Å². The lowest BCUT2D eigenvalue weighted by Gasteiger charge is -2.26. The van der Waals surface area contributed by atoms with Gasteiger partial charge in [0.15, 0.2) is 0 Å². The van der Waals surface area contributed by atoms with Gasteiger partial charge in [-0.25, -0.2) is 18.1 Å². The molecule has 28 heavy (non-hydrogen) atoms. The Kier molecular flexibility index (Phi) is 10.6. The van der Waals surface area contributed by atoms with Crippen LogP contribution in [0.15, 0.2) is 5.38 Å². The van der Waals surface area contributed by atoms with Crippen LogP contribution in [0.4, 0.5) is 0 Å². The smallest absolute Gasteiger partial charge is 0.290 e. The summed E-state index contributed by atoms with van der Waals surface area (Å²) >= 11 is 1.31. The number of hydrogen-bond donors (Lipinski definition) is 3. The standard InChI is InChI=1S/C16H28N4O3S2.CH2O2/c1-12(2)14(19-25(3,22)23)16-18-13(11-24-16)15(21)17-7-10-20-8-5-4-6-9-20;2-1-3/h11-12,14,19H,4-10H2,1-3H3,(H,17,21);1H,(H,2,3)/t14-;/m0./s1. The van der Waals surface area contributed by atoms with E-state index in [1.165, 1.54) is 30.6 Å². The van der Waals surface area contributed by atoms with Crippen molar-refractivity contribution in [3.63, 3.8) is 0 Å². The highest BCUT2D eigenvalue weighted by Crippen LogP contribution is 2.25. The zero-order valence-electron chi connectivity index (χ0n) is 16.6. The van der Waals surface area contributed by atoms with E-state index in [1.807, 2.05) is 13.8 Å². The first-order chi connectivity index (χ1) is 13.2. The molecule has 0 radical (unpaired) electrons. The number of nitrogens with one attached hydrogen (secondary N) is 2. The number of thiazole rings is 1. The number of piperidine rings is 1. The fourth-order valence-corrected chi connectivity index (χ4v) is 4.78. The molecule has 1 fully saturated rings. The summed E-state index contributed by atoms with van der Waals surface area (Å²) in [5.74, 6) is -0.169. The summed E-state index contributed by atoms with van der Waals surface area (Å²) in [5.41, 5.74) is 0.347. The van der Waals surface area contributed by atoms with E-state index in [4.69, 9.17) is 9.90 Å². The Bertz CT molecular complexity index is 715. The Balaban J connectivity index is 0.00000122. The van der Waals surface area contributed by atoms with Gasteiger partial charge in [-0.2, -0.15) is 0 Å². The Morgan fingerprint density at radius 3 is 2.50 bits per heavy atom. The Morgan fingerprint density at radius 2 is 1.96 bits per heavy atom. The molecule has 1 atom stereocenters. The number of nitrogens with zero attached hydrogens (tertiary/aromatic N) is 2. The van der Waals surface area contributed by atoms with E-state index in [9.17, 15) is 13.2 Å². The molecular weight excluding hydrogens is 404 g/mol. The lowest BCUT2D eigenvalue weighted by Crippen LogP contribution is -2.37. The first-order valence-electron chi connectivity index (χ1n) is 9.19. The van der Waals surface area contributed by atoms with Crippen molar-refractivity contribution in [2.75, 3.05) is 32.4 Å². The third kappa shape index (κ3) is 9.09. The minimum absolute atomic E-state index is 0.0379. The third-order valence-electron chi connectivity index (χ3n) is 4.19. The first kappa shape index (κ1) is 24.5. The predicted octanol–water partition coefficient (Wildman–Crippen LogP) is 1.31. The molecule has 1 aromatic rings. The molecule has 0 bridgehead atoms. The maximum Gasteiger partial charge on any atom is 0.290 e. The van der Waals surface area contributed by atoms with Gasteiger partial charge in [-0.1, -0.05) is 20.3 Å². The highest BCUT2D eigenvalue weighted by molar-refractivity contribution is 7.88. The maximum atomic E-state index is 12.3. The summed E-state index contributed by atoms with van der Waals surface area (Å²) in [6.45, 7) is 7.24. The van der Waals surface area contributed by atoms with Gasteiger partial charge in [0, 0.05) is 18.5 Å². The highest BCUT2D eigenvalue weighted by Gasteiger charge is 2.24. The maximum absolute atomic E-state index is 12.3. The number of amides is 1. The van der Waals surface area contributed by atoms with Gasteiger partial charge < -0.3 is 15.3 Å². The van der Waals surface area contributed by atoms with E-state index in [1.54, 1.807) is 5.38 Å². The molecule has 0 unspecified atom stereocenters. The molecule has 1 amide bonds. The first-order valence-corrected chi connectivity index (χ1v) is 12.0. The number of sulfonamides is 1. The van der Waals surface area contributed by atoms with Crippen molar-refractivity contribution in [1.82, 2.24) is 19.9 Å². The minimum Gasteiger partial charge on any atom is -0.483 e. The summed E-state index contributed by atoms with van der Waals surface area (Å²) in [5, 5.41) is 12.1. The number of carboxylic acid groups (broad SMARTS) is 1. The molecule has 3 N–H and O–H groups in total. The molecule has 160 valence electrons. The van der Waals surface area contributed by atoms with E-state index in [-0.39, 0.29) is 18.3 Å². The summed E-state index contributed by atoms with van der Waals surface area (Å²) in [6.07, 6.45) is 4.88. The quantitative estimate of drug-likeness (QED) is 0.526. The van der Waals surface area contributed by atoms with E-state index in [2.05, 4.69) is 19.9 Å². The molecule has 1 saturated heterocycles. The van der Waals surface area contributed by atoms with Crippen molar-refractivity contribution in [3.8, 4) is 0 Å². The monoisotopic (exact) mass is 434 g/mol. The number of carbonyl (C=O) groups excluding carboxylic acids is 1. The average Bonchev–Trinajstić information content (AvgIpc) is 3.10. The molecule has 0 saturated carbocycles. The van der Waals surface area contributed by atoms with Crippen LogP contribution in [-0.2, 0) is 14.8 Å². The zero-order chi connectivity index (χ0) is 21.2. The van der Waals surface area contributed by atoms with Gasteiger partial charge in [0.2, 0.25) is 10.0 Å². The topological polar surface area (TPSA) is 129 Å². The Hall–Kier alpha value is -1.56. The minimum atomic E-state index is -3.34. The summed E-state index contributed by atoms with van der Waals surface area (Å²) in [4.78, 5) is 27.3. The molecule has 9 nitrogen and oxygen atoms in total. The number of rotatable bonds is 8. The third-order valence-corrected chi connectivity index (χ3v) is 5.80. The van der Waals surface area contributed by atoms with Crippen molar-refractivity contribution in [1.29, 1.82) is 0 Å². The van der Waals surface area contributed by atoms with Crippen LogP contribution in [-0.4, -0.2) is 68.2 Å². The molecule has 0 aliphatic carbocycles. The van der Waals surface area contributed by atoms with Crippen molar-refractivity contribution in [3.05, 3.63) is 16.1 Å². The van der Waals surface area contributed by atoms with Crippen LogP contribution in [0.1, 0.15) is 54.6 Å². The normalized spacial score (nSPS) is 16.1. The molecular formula is C17H30N4O5S2. The van der Waals surface area contributed by atoms with Gasteiger partial charge in [0.25, 0.3) is 12.4 Å². The predicted molar refractivity (Wildman–Crippen MR) is 109 cm³/mol. The molecule has 0 spiro atoms. The van der Waals surface area contributed by atoms with Crippen LogP contribution < -0.4 is 10.0 Å². The summed E-state index contributed by atoms with van der Waals surface area (Å²) < 4.78 is 25.7. The van der Waals surface area contributed by atoms with Gasteiger partial charge >= 0.3 is 0 Å². The van der Waals surface area contributed by atoms with Gasteiger partial charge in [-0.05, 0) is 31.8 Å². The fourth-order valence-electron chi connectivity index (χ4n) is 2.84. The second kappa shape index (κ2) is 12.1. The Morgan fingerprint density at radius 1 is 1.36 bits per heavy atom. The Labute approximate surface area is 170 Å². The highest BCUT2D eigenvalue weighted by atomic mass is 32.2. The number of aromatic nitrogens is 1. The molecule has 2 heterocycles. The van der Waals surface area contributed by atoms with Gasteiger partial charge in [0.1, 0.15) is 10.7 Å². The lowest BCUT2D eigenvalue weighted by atomic mass is 10.1. The molecule has 1 aromatic heterocycles. The summed E-state index contributed by atoms with van der Waals surface area (Å²) in [6, 6.07) is -0.421. The van der Waals surface area contributed by atoms with E-state index >= 15 is 0 Å². The average molecular weight is 435 g/mol. The summed E-state index contributed by atoms with van der Waals surface area (Å²) in [7, 11) is -3.34. The van der Waals surface area contributed by atoms with E-state index < -0.39 is 16.1 Å². The van der Waals surface area contributed by atoms with Crippen molar-refractivity contribution >= 4 is 33.7 Å². The fraction of sp³-hybridized carbons (Fsp3) is 0.706. The van der Waals surface area contributed by atoms with Crippen molar-refractivity contribution in [2.45, 2.75) is 39.2 Å². The second-order valence-corrected chi connectivity index (χ2v) is 9.62. The number of carbonyl (C=O) groups is 2. The van der Waals surface area contributed by atoms with Crippen LogP contribution in [0.2, 0.25) is 0 Å². The van der Waals surface area contributed by atoms with Crippen molar-refractivity contribution < 1.29 is 23.1 Å². The van der Waals surface area contributed by atoms with Gasteiger partial charge in [-0.15, -0.1) is 11.3 Å². The lowest BCUT2D eigenvalue weighted by molar-refractivity contribution is -0.122. The van der Waals surface area contributed by atoms with E-state index in [0.717, 1.165) is 25.9 Å². The van der Waals surface area contributed by atoms with Crippen molar-refractivity contribution in [2.24, 2.45) is 5.92 Å². The SMILES string of the molecule is CC(C)[C@H](NS(C)(=O)=O)c1nc(C(=O)NCCN2CCCCC2)cs1.O=CO. The van der Waals surface area contributed by atoms with Gasteiger partial charge in [0.05, 0.1) is 12.3 Å². The largest absolute Gasteiger partial charge is 0.483 e.